The highest BCUT2D eigenvalue weighted by Crippen LogP contribution is 2.35. The fraction of sp³-hybridized carbons (Fsp3) is 0.846. The average molecular weight is 288 g/mol. The molecule has 0 heterocycles. The number of hydrogen-bond acceptors (Lipinski definition) is 3. The standard InChI is InChI=1S/C13H24N2O3S/c1-15(12(18)14-8-9-19-2)13(10-11(16)17)6-4-3-5-7-13/h3-10H2,1-2H3,(H,14,18)(H,16,17). The van der Waals surface area contributed by atoms with E-state index in [-0.39, 0.29) is 12.5 Å². The van der Waals surface area contributed by atoms with E-state index < -0.39 is 11.5 Å². The highest BCUT2D eigenvalue weighted by Gasteiger charge is 2.40. The van der Waals surface area contributed by atoms with Gasteiger partial charge in [-0.1, -0.05) is 19.3 Å². The van der Waals surface area contributed by atoms with Gasteiger partial charge in [0, 0.05) is 19.3 Å². The summed E-state index contributed by atoms with van der Waals surface area (Å²) in [5.74, 6) is 0.0385. The molecular weight excluding hydrogens is 264 g/mol. The number of amides is 2. The monoisotopic (exact) mass is 288 g/mol. The van der Waals surface area contributed by atoms with Gasteiger partial charge in [-0.25, -0.2) is 4.79 Å². The fourth-order valence-electron chi connectivity index (χ4n) is 2.72. The molecule has 1 aliphatic rings. The van der Waals surface area contributed by atoms with Crippen LogP contribution < -0.4 is 5.32 Å². The van der Waals surface area contributed by atoms with Crippen LogP contribution in [-0.2, 0) is 4.79 Å². The van der Waals surface area contributed by atoms with E-state index in [0.717, 1.165) is 37.9 Å². The number of carboxylic acid groups (broad SMARTS) is 1. The third-order valence-corrected chi connectivity index (χ3v) is 4.48. The Morgan fingerprint density at radius 1 is 1.32 bits per heavy atom. The van der Waals surface area contributed by atoms with Crippen LogP contribution in [0.2, 0.25) is 0 Å². The topological polar surface area (TPSA) is 69.6 Å². The molecule has 6 heteroatoms. The molecular formula is C13H24N2O3S. The lowest BCUT2D eigenvalue weighted by Crippen LogP contribution is -2.55. The molecule has 1 aliphatic carbocycles. The summed E-state index contributed by atoms with van der Waals surface area (Å²) in [7, 11) is 1.72. The van der Waals surface area contributed by atoms with Crippen LogP contribution in [-0.4, -0.2) is 53.1 Å². The maximum Gasteiger partial charge on any atom is 0.317 e. The minimum atomic E-state index is -0.828. The number of rotatable bonds is 6. The molecule has 1 fully saturated rings. The maximum atomic E-state index is 12.1. The van der Waals surface area contributed by atoms with Gasteiger partial charge < -0.3 is 15.3 Å². The van der Waals surface area contributed by atoms with Crippen LogP contribution in [0.4, 0.5) is 4.79 Å². The van der Waals surface area contributed by atoms with Crippen molar-refractivity contribution >= 4 is 23.8 Å². The van der Waals surface area contributed by atoms with E-state index >= 15 is 0 Å². The van der Waals surface area contributed by atoms with Gasteiger partial charge in [0.15, 0.2) is 0 Å². The van der Waals surface area contributed by atoms with Crippen molar-refractivity contribution in [1.29, 1.82) is 0 Å². The van der Waals surface area contributed by atoms with Crippen molar-refractivity contribution in [2.75, 3.05) is 25.6 Å². The number of hydrogen-bond donors (Lipinski definition) is 2. The lowest BCUT2D eigenvalue weighted by Gasteiger charge is -2.43. The Labute approximate surface area is 119 Å². The highest BCUT2D eigenvalue weighted by molar-refractivity contribution is 7.98. The van der Waals surface area contributed by atoms with Crippen LogP contribution in [0.5, 0.6) is 0 Å². The van der Waals surface area contributed by atoms with E-state index in [1.165, 1.54) is 0 Å². The van der Waals surface area contributed by atoms with Gasteiger partial charge in [0.2, 0.25) is 0 Å². The van der Waals surface area contributed by atoms with E-state index in [1.807, 2.05) is 6.26 Å². The predicted octanol–water partition coefficient (Wildman–Crippen LogP) is 2.17. The van der Waals surface area contributed by atoms with Crippen LogP contribution >= 0.6 is 11.8 Å². The molecule has 0 aromatic rings. The molecule has 2 N–H and O–H groups in total. The van der Waals surface area contributed by atoms with E-state index in [4.69, 9.17) is 5.11 Å². The molecule has 1 rings (SSSR count). The predicted molar refractivity (Wildman–Crippen MR) is 77.6 cm³/mol. The minimum absolute atomic E-state index is 0.0411. The third-order valence-electron chi connectivity index (χ3n) is 3.86. The molecule has 0 bridgehead atoms. The largest absolute Gasteiger partial charge is 0.481 e. The fourth-order valence-corrected chi connectivity index (χ4v) is 3.02. The summed E-state index contributed by atoms with van der Waals surface area (Å²) in [6.07, 6.45) is 6.72. The number of carboxylic acids is 1. The molecule has 0 unspecified atom stereocenters. The van der Waals surface area contributed by atoms with Gasteiger partial charge in [0.05, 0.1) is 12.0 Å². The first kappa shape index (κ1) is 16.1. The van der Waals surface area contributed by atoms with Crippen LogP contribution in [0.3, 0.4) is 0 Å². The summed E-state index contributed by atoms with van der Waals surface area (Å²) in [5.41, 5.74) is -0.506. The molecule has 1 saturated carbocycles. The molecule has 0 aromatic carbocycles. The van der Waals surface area contributed by atoms with Crippen LogP contribution in [0.25, 0.3) is 0 Å². The van der Waals surface area contributed by atoms with Crippen molar-refractivity contribution in [3.63, 3.8) is 0 Å². The van der Waals surface area contributed by atoms with Crippen molar-refractivity contribution in [1.82, 2.24) is 10.2 Å². The summed E-state index contributed by atoms with van der Waals surface area (Å²) in [5, 5.41) is 12.0. The first-order chi connectivity index (χ1) is 9.02. The minimum Gasteiger partial charge on any atom is -0.481 e. The molecule has 0 atom stereocenters. The number of carbonyl (C=O) groups excluding carboxylic acids is 1. The Bertz CT molecular complexity index is 317. The third kappa shape index (κ3) is 4.60. The summed E-state index contributed by atoms with van der Waals surface area (Å²) >= 11 is 1.67. The van der Waals surface area contributed by atoms with Crippen LogP contribution in [0.1, 0.15) is 38.5 Å². The maximum absolute atomic E-state index is 12.1. The van der Waals surface area contributed by atoms with Gasteiger partial charge in [0.1, 0.15) is 0 Å². The van der Waals surface area contributed by atoms with Gasteiger partial charge in [0.25, 0.3) is 0 Å². The van der Waals surface area contributed by atoms with Crippen molar-refractivity contribution in [2.24, 2.45) is 0 Å². The van der Waals surface area contributed by atoms with Crippen molar-refractivity contribution in [2.45, 2.75) is 44.1 Å². The quantitative estimate of drug-likeness (QED) is 0.735. The van der Waals surface area contributed by atoms with Crippen molar-refractivity contribution in [3.8, 4) is 0 Å². The molecule has 19 heavy (non-hydrogen) atoms. The van der Waals surface area contributed by atoms with Crippen LogP contribution in [0, 0.1) is 0 Å². The molecule has 0 aliphatic heterocycles. The van der Waals surface area contributed by atoms with Gasteiger partial charge in [-0.3, -0.25) is 4.79 Å². The summed E-state index contributed by atoms with van der Waals surface area (Å²) < 4.78 is 0. The average Bonchev–Trinajstić information content (AvgIpc) is 2.38. The van der Waals surface area contributed by atoms with Gasteiger partial charge in [-0.2, -0.15) is 11.8 Å². The van der Waals surface area contributed by atoms with E-state index in [9.17, 15) is 9.59 Å². The van der Waals surface area contributed by atoms with E-state index in [2.05, 4.69) is 5.32 Å². The molecule has 0 radical (unpaired) electrons. The summed E-state index contributed by atoms with van der Waals surface area (Å²) in [6, 6.07) is -0.155. The zero-order valence-electron chi connectivity index (χ0n) is 11.8. The molecule has 110 valence electrons. The summed E-state index contributed by atoms with van der Waals surface area (Å²) in [6.45, 7) is 0.619. The van der Waals surface area contributed by atoms with E-state index in [1.54, 1.807) is 23.7 Å². The number of aliphatic carboxylic acids is 1. The Balaban J connectivity index is 2.67. The zero-order valence-corrected chi connectivity index (χ0v) is 12.6. The molecule has 0 spiro atoms. The Hall–Kier alpha value is -0.910. The van der Waals surface area contributed by atoms with Crippen LogP contribution in [0.15, 0.2) is 0 Å². The van der Waals surface area contributed by atoms with Gasteiger partial charge >= 0.3 is 12.0 Å². The summed E-state index contributed by atoms with van der Waals surface area (Å²) in [4.78, 5) is 24.8. The normalized spacial score (nSPS) is 17.8. The molecule has 5 nitrogen and oxygen atoms in total. The Kier molecular flexibility index (Phi) is 6.48. The second-order valence-corrected chi connectivity index (χ2v) is 6.12. The molecule has 0 aromatic heterocycles. The zero-order chi connectivity index (χ0) is 14.3. The number of carbonyl (C=O) groups is 2. The first-order valence-corrected chi connectivity index (χ1v) is 8.13. The number of nitrogens with zero attached hydrogens (tertiary/aromatic N) is 1. The van der Waals surface area contributed by atoms with E-state index in [0.29, 0.717) is 6.54 Å². The smallest absolute Gasteiger partial charge is 0.317 e. The Morgan fingerprint density at radius 3 is 2.47 bits per heavy atom. The number of thioether (sulfide) groups is 1. The van der Waals surface area contributed by atoms with Gasteiger partial charge in [-0.15, -0.1) is 0 Å². The number of nitrogens with one attached hydrogen (secondary N) is 1. The lowest BCUT2D eigenvalue weighted by molar-refractivity contribution is -0.140. The first-order valence-electron chi connectivity index (χ1n) is 6.74. The Morgan fingerprint density at radius 2 is 1.95 bits per heavy atom. The molecule has 2 amide bonds. The van der Waals surface area contributed by atoms with Crippen molar-refractivity contribution < 1.29 is 14.7 Å². The highest BCUT2D eigenvalue weighted by atomic mass is 32.2. The van der Waals surface area contributed by atoms with Crippen molar-refractivity contribution in [3.05, 3.63) is 0 Å². The molecule has 0 saturated heterocycles. The SMILES string of the molecule is CSCCNC(=O)N(C)C1(CC(=O)O)CCCCC1. The number of urea groups is 1. The van der Waals surface area contributed by atoms with Gasteiger partial charge in [-0.05, 0) is 19.1 Å². The second-order valence-electron chi connectivity index (χ2n) is 5.14. The lowest BCUT2D eigenvalue weighted by atomic mass is 9.78. The second kappa shape index (κ2) is 7.62.